The van der Waals surface area contributed by atoms with Gasteiger partial charge in [-0.3, -0.25) is 4.79 Å². The van der Waals surface area contributed by atoms with Gasteiger partial charge in [0.2, 0.25) is 5.91 Å². The number of amides is 1. The van der Waals surface area contributed by atoms with E-state index < -0.39 is 0 Å². The molecule has 16 heavy (non-hydrogen) atoms. The molecule has 1 amide bonds. The molecule has 1 aliphatic rings. The second-order valence-electron chi connectivity index (χ2n) is 3.98. The van der Waals surface area contributed by atoms with Crippen LogP contribution < -0.4 is 5.32 Å². The SMILES string of the molecule is O=C(CCN1CCCC1)NCCOCCO. The van der Waals surface area contributed by atoms with E-state index in [2.05, 4.69) is 10.2 Å². The molecule has 0 aromatic rings. The van der Waals surface area contributed by atoms with Crippen molar-refractivity contribution in [2.24, 2.45) is 0 Å². The van der Waals surface area contributed by atoms with Gasteiger partial charge in [0.25, 0.3) is 0 Å². The molecule has 0 bridgehead atoms. The van der Waals surface area contributed by atoms with Gasteiger partial charge in [0.1, 0.15) is 0 Å². The van der Waals surface area contributed by atoms with Crippen LogP contribution in [0.1, 0.15) is 19.3 Å². The van der Waals surface area contributed by atoms with E-state index in [1.54, 1.807) is 0 Å². The number of carbonyl (C=O) groups is 1. The zero-order valence-electron chi connectivity index (χ0n) is 9.78. The lowest BCUT2D eigenvalue weighted by Crippen LogP contribution is -2.31. The van der Waals surface area contributed by atoms with Crippen LogP contribution in [0, 0.1) is 0 Å². The topological polar surface area (TPSA) is 61.8 Å². The second-order valence-corrected chi connectivity index (χ2v) is 3.98. The maximum atomic E-state index is 11.4. The van der Waals surface area contributed by atoms with E-state index in [0.717, 1.165) is 19.6 Å². The van der Waals surface area contributed by atoms with Crippen molar-refractivity contribution in [2.45, 2.75) is 19.3 Å². The first kappa shape index (κ1) is 13.4. The van der Waals surface area contributed by atoms with Gasteiger partial charge >= 0.3 is 0 Å². The summed E-state index contributed by atoms with van der Waals surface area (Å²) in [6.07, 6.45) is 3.09. The third-order valence-corrected chi connectivity index (χ3v) is 2.66. The molecule has 1 saturated heterocycles. The zero-order chi connectivity index (χ0) is 11.6. The van der Waals surface area contributed by atoms with Gasteiger partial charge in [0, 0.05) is 19.5 Å². The van der Waals surface area contributed by atoms with Gasteiger partial charge in [-0.2, -0.15) is 0 Å². The van der Waals surface area contributed by atoms with Crippen LogP contribution in [0.5, 0.6) is 0 Å². The van der Waals surface area contributed by atoms with Gasteiger partial charge in [-0.1, -0.05) is 0 Å². The largest absolute Gasteiger partial charge is 0.394 e. The molecular weight excluding hydrogens is 208 g/mol. The number of hydrogen-bond donors (Lipinski definition) is 2. The fourth-order valence-corrected chi connectivity index (χ4v) is 1.78. The Bertz CT molecular complexity index is 194. The third kappa shape index (κ3) is 6.05. The van der Waals surface area contributed by atoms with E-state index in [1.165, 1.54) is 12.8 Å². The van der Waals surface area contributed by atoms with Crippen LogP contribution in [0.25, 0.3) is 0 Å². The molecule has 0 aromatic heterocycles. The maximum absolute atomic E-state index is 11.4. The fraction of sp³-hybridized carbons (Fsp3) is 0.909. The molecular formula is C11H22N2O3. The highest BCUT2D eigenvalue weighted by atomic mass is 16.5. The summed E-state index contributed by atoms with van der Waals surface area (Å²) in [5, 5.41) is 11.3. The van der Waals surface area contributed by atoms with Crippen LogP contribution in [-0.2, 0) is 9.53 Å². The summed E-state index contributed by atoms with van der Waals surface area (Å²) in [6, 6.07) is 0. The molecule has 0 aromatic carbocycles. The second kappa shape index (κ2) is 8.50. The molecule has 1 heterocycles. The highest BCUT2D eigenvalue weighted by molar-refractivity contribution is 5.76. The number of aliphatic hydroxyl groups is 1. The summed E-state index contributed by atoms with van der Waals surface area (Å²) < 4.78 is 5.04. The number of nitrogens with one attached hydrogen (secondary N) is 1. The third-order valence-electron chi connectivity index (χ3n) is 2.66. The van der Waals surface area contributed by atoms with Crippen LogP contribution in [0.2, 0.25) is 0 Å². The summed E-state index contributed by atoms with van der Waals surface area (Å²) in [5.74, 6) is 0.0829. The number of hydrogen-bond acceptors (Lipinski definition) is 4. The lowest BCUT2D eigenvalue weighted by atomic mass is 10.3. The van der Waals surface area contributed by atoms with E-state index >= 15 is 0 Å². The Balaban J connectivity index is 1.90. The minimum atomic E-state index is 0.0307. The normalized spacial score (nSPS) is 16.6. The van der Waals surface area contributed by atoms with E-state index in [4.69, 9.17) is 9.84 Å². The molecule has 2 N–H and O–H groups in total. The monoisotopic (exact) mass is 230 g/mol. The summed E-state index contributed by atoms with van der Waals surface area (Å²) in [4.78, 5) is 13.7. The molecule has 5 nitrogen and oxygen atoms in total. The van der Waals surface area contributed by atoms with Crippen LogP contribution in [0.3, 0.4) is 0 Å². The van der Waals surface area contributed by atoms with E-state index in [9.17, 15) is 4.79 Å². The van der Waals surface area contributed by atoms with Gasteiger partial charge in [-0.05, 0) is 25.9 Å². The molecule has 0 saturated carbocycles. The zero-order valence-corrected chi connectivity index (χ0v) is 9.78. The summed E-state index contributed by atoms with van der Waals surface area (Å²) in [7, 11) is 0. The van der Waals surface area contributed by atoms with Crippen molar-refractivity contribution in [3.8, 4) is 0 Å². The first-order chi connectivity index (χ1) is 7.83. The summed E-state index contributed by atoms with van der Waals surface area (Å²) in [6.45, 7) is 4.49. The molecule has 0 spiro atoms. The van der Waals surface area contributed by atoms with E-state index in [-0.39, 0.29) is 12.5 Å². The van der Waals surface area contributed by atoms with Crippen LogP contribution in [0.4, 0.5) is 0 Å². The van der Waals surface area contributed by atoms with Crippen molar-refractivity contribution < 1.29 is 14.6 Å². The highest BCUT2D eigenvalue weighted by Crippen LogP contribution is 2.06. The van der Waals surface area contributed by atoms with Gasteiger partial charge in [-0.15, -0.1) is 0 Å². The lowest BCUT2D eigenvalue weighted by molar-refractivity contribution is -0.121. The number of nitrogens with zero attached hydrogens (tertiary/aromatic N) is 1. The van der Waals surface area contributed by atoms with Crippen molar-refractivity contribution in [3.63, 3.8) is 0 Å². The van der Waals surface area contributed by atoms with E-state index in [0.29, 0.717) is 26.2 Å². The van der Waals surface area contributed by atoms with E-state index in [1.807, 2.05) is 0 Å². The first-order valence-corrected chi connectivity index (χ1v) is 6.00. The average molecular weight is 230 g/mol. The molecule has 94 valence electrons. The Morgan fingerprint density at radius 3 is 2.75 bits per heavy atom. The number of ether oxygens (including phenoxy) is 1. The number of rotatable bonds is 8. The Morgan fingerprint density at radius 2 is 2.06 bits per heavy atom. The van der Waals surface area contributed by atoms with Gasteiger partial charge in [0.15, 0.2) is 0 Å². The predicted octanol–water partition coefficient (Wildman–Crippen LogP) is -0.403. The van der Waals surface area contributed by atoms with Crippen LogP contribution in [0.15, 0.2) is 0 Å². The van der Waals surface area contributed by atoms with Gasteiger partial charge in [0.05, 0.1) is 19.8 Å². The molecule has 5 heteroatoms. The minimum absolute atomic E-state index is 0.0307. The first-order valence-electron chi connectivity index (χ1n) is 6.00. The smallest absolute Gasteiger partial charge is 0.221 e. The molecule has 1 fully saturated rings. The number of carbonyl (C=O) groups excluding carboxylic acids is 1. The molecule has 0 unspecified atom stereocenters. The lowest BCUT2D eigenvalue weighted by Gasteiger charge is -2.13. The van der Waals surface area contributed by atoms with Gasteiger partial charge < -0.3 is 20.1 Å². The maximum Gasteiger partial charge on any atom is 0.221 e. The Hall–Kier alpha value is -0.650. The Kier molecular flexibility index (Phi) is 7.12. The average Bonchev–Trinajstić information content (AvgIpc) is 2.79. The Morgan fingerprint density at radius 1 is 1.31 bits per heavy atom. The number of likely N-dealkylation sites (tertiary alicyclic amines) is 1. The van der Waals surface area contributed by atoms with Crippen molar-refractivity contribution in [1.29, 1.82) is 0 Å². The molecule has 0 radical (unpaired) electrons. The quantitative estimate of drug-likeness (QED) is 0.557. The Labute approximate surface area is 96.8 Å². The van der Waals surface area contributed by atoms with Gasteiger partial charge in [-0.25, -0.2) is 0 Å². The molecule has 1 rings (SSSR count). The van der Waals surface area contributed by atoms with Crippen LogP contribution in [-0.4, -0.2) is 61.9 Å². The van der Waals surface area contributed by atoms with Crippen molar-refractivity contribution in [3.05, 3.63) is 0 Å². The summed E-state index contributed by atoms with van der Waals surface area (Å²) >= 11 is 0. The molecule has 1 aliphatic heterocycles. The van der Waals surface area contributed by atoms with Crippen molar-refractivity contribution >= 4 is 5.91 Å². The number of aliphatic hydroxyl groups excluding tert-OH is 1. The van der Waals surface area contributed by atoms with Crippen LogP contribution >= 0.6 is 0 Å². The molecule has 0 atom stereocenters. The van der Waals surface area contributed by atoms with Crippen molar-refractivity contribution in [1.82, 2.24) is 10.2 Å². The standard InChI is InChI=1S/C11H22N2O3/c14-8-10-16-9-4-12-11(15)3-7-13-5-1-2-6-13/h14H,1-10H2,(H,12,15). The minimum Gasteiger partial charge on any atom is -0.394 e. The summed E-state index contributed by atoms with van der Waals surface area (Å²) in [5.41, 5.74) is 0. The predicted molar refractivity (Wildman–Crippen MR) is 61.2 cm³/mol. The fourth-order valence-electron chi connectivity index (χ4n) is 1.78. The highest BCUT2D eigenvalue weighted by Gasteiger charge is 2.12. The van der Waals surface area contributed by atoms with Crippen molar-refractivity contribution in [2.75, 3.05) is 46.0 Å². The molecule has 0 aliphatic carbocycles.